The van der Waals surface area contributed by atoms with Crippen LogP contribution in [-0.2, 0) is 4.74 Å². The van der Waals surface area contributed by atoms with Gasteiger partial charge in [0.05, 0.1) is 11.2 Å². The smallest absolute Gasteiger partial charge is 0.250 e. The number of nitrogen functional groups attached to an aromatic ring is 1. The zero-order chi connectivity index (χ0) is 15.5. The number of rotatable bonds is 5. The molecule has 0 aliphatic carbocycles. The van der Waals surface area contributed by atoms with Crippen LogP contribution in [0, 0.1) is 0 Å². The van der Waals surface area contributed by atoms with E-state index < -0.39 is 5.91 Å². The molecule has 1 heterocycles. The van der Waals surface area contributed by atoms with Crippen molar-refractivity contribution in [2.75, 3.05) is 17.7 Å². The molecular weight excluding hydrogens is 266 g/mol. The van der Waals surface area contributed by atoms with Crippen molar-refractivity contribution in [1.29, 1.82) is 0 Å². The van der Waals surface area contributed by atoms with Gasteiger partial charge in [0.25, 0.3) is 5.91 Å². The Balaban J connectivity index is 2.16. The second kappa shape index (κ2) is 6.35. The maximum atomic E-state index is 11.6. The van der Waals surface area contributed by atoms with E-state index in [0.29, 0.717) is 11.3 Å². The summed E-state index contributed by atoms with van der Waals surface area (Å²) in [6.45, 7) is 5.05. The van der Waals surface area contributed by atoms with E-state index in [1.807, 2.05) is 6.07 Å². The molecule has 1 aromatic carbocycles. The van der Waals surface area contributed by atoms with Crippen molar-refractivity contribution in [3.8, 4) is 0 Å². The molecule has 1 aliphatic heterocycles. The first-order valence-electron chi connectivity index (χ1n) is 7.59. The van der Waals surface area contributed by atoms with Gasteiger partial charge >= 0.3 is 0 Å². The molecule has 0 bridgehead atoms. The number of hydrogen-bond acceptors (Lipinski definition) is 4. The van der Waals surface area contributed by atoms with Gasteiger partial charge in [-0.1, -0.05) is 13.8 Å². The molecule has 1 amide bonds. The highest BCUT2D eigenvalue weighted by molar-refractivity contribution is 5.99. The lowest BCUT2D eigenvalue weighted by Crippen LogP contribution is -2.43. The highest BCUT2D eigenvalue weighted by atomic mass is 16.5. The number of amides is 1. The summed E-state index contributed by atoms with van der Waals surface area (Å²) in [6.07, 6.45) is 3.84. The first-order valence-corrected chi connectivity index (χ1v) is 7.59. The second-order valence-electron chi connectivity index (χ2n) is 5.74. The maximum absolute atomic E-state index is 11.6. The van der Waals surface area contributed by atoms with Crippen LogP contribution >= 0.6 is 0 Å². The summed E-state index contributed by atoms with van der Waals surface area (Å²) >= 11 is 0. The normalized spacial score (nSPS) is 21.0. The third kappa shape index (κ3) is 3.47. The van der Waals surface area contributed by atoms with E-state index in [4.69, 9.17) is 16.2 Å². The molecule has 5 N–H and O–H groups in total. The van der Waals surface area contributed by atoms with Gasteiger partial charge in [0.2, 0.25) is 0 Å². The number of hydrogen-bond donors (Lipinski definition) is 3. The highest BCUT2D eigenvalue weighted by Gasteiger charge is 2.34. The average Bonchev–Trinajstić information content (AvgIpc) is 2.49. The zero-order valence-corrected chi connectivity index (χ0v) is 12.8. The molecule has 5 heteroatoms. The Bertz CT molecular complexity index is 512. The molecule has 1 atom stereocenters. The largest absolute Gasteiger partial charge is 0.399 e. The fourth-order valence-electron chi connectivity index (χ4n) is 3.01. The van der Waals surface area contributed by atoms with E-state index in [9.17, 15) is 4.79 Å². The van der Waals surface area contributed by atoms with Crippen LogP contribution in [0.15, 0.2) is 18.2 Å². The van der Waals surface area contributed by atoms with E-state index in [1.165, 1.54) is 0 Å². The van der Waals surface area contributed by atoms with E-state index in [-0.39, 0.29) is 11.6 Å². The van der Waals surface area contributed by atoms with Gasteiger partial charge in [0.15, 0.2) is 0 Å². The lowest BCUT2D eigenvalue weighted by atomic mass is 9.85. The molecule has 1 aliphatic rings. The van der Waals surface area contributed by atoms with Crippen molar-refractivity contribution in [1.82, 2.24) is 0 Å². The lowest BCUT2D eigenvalue weighted by Gasteiger charge is -2.40. The molecule has 1 unspecified atom stereocenters. The van der Waals surface area contributed by atoms with Gasteiger partial charge in [-0.25, -0.2) is 0 Å². The summed E-state index contributed by atoms with van der Waals surface area (Å²) in [5.74, 6) is -0.464. The molecule has 116 valence electrons. The van der Waals surface area contributed by atoms with E-state index in [0.717, 1.165) is 38.0 Å². The Kier molecular flexibility index (Phi) is 4.73. The molecule has 2 rings (SSSR count). The topological polar surface area (TPSA) is 90.4 Å². The minimum Gasteiger partial charge on any atom is -0.399 e. The van der Waals surface area contributed by atoms with Crippen LogP contribution < -0.4 is 16.8 Å². The third-order valence-electron chi connectivity index (χ3n) is 4.45. The SMILES string of the molecule is CCC1(CC)CC(Nc2ccc(N)cc2C(N)=O)CCO1. The predicted octanol–water partition coefficient (Wildman–Crippen LogP) is 2.52. The summed E-state index contributed by atoms with van der Waals surface area (Å²) in [5.41, 5.74) is 12.8. The zero-order valence-electron chi connectivity index (χ0n) is 12.8. The summed E-state index contributed by atoms with van der Waals surface area (Å²) in [6, 6.07) is 5.50. The van der Waals surface area contributed by atoms with E-state index >= 15 is 0 Å². The standard InChI is InChI=1S/C16H25N3O2/c1-3-16(4-2)10-12(7-8-21-16)19-14-6-5-11(17)9-13(14)15(18)20/h5-6,9,12,19H,3-4,7-8,10,17H2,1-2H3,(H2,18,20). The van der Waals surface area contributed by atoms with Crippen LogP contribution in [0.2, 0.25) is 0 Å². The Morgan fingerprint density at radius 1 is 1.43 bits per heavy atom. The van der Waals surface area contributed by atoms with Crippen LogP contribution in [0.25, 0.3) is 0 Å². The van der Waals surface area contributed by atoms with Crippen LogP contribution in [0.4, 0.5) is 11.4 Å². The van der Waals surface area contributed by atoms with Crippen molar-refractivity contribution in [2.45, 2.75) is 51.2 Å². The quantitative estimate of drug-likeness (QED) is 0.727. The van der Waals surface area contributed by atoms with Crippen LogP contribution in [0.1, 0.15) is 49.9 Å². The number of nitrogens with two attached hydrogens (primary N) is 2. The Morgan fingerprint density at radius 3 is 2.76 bits per heavy atom. The second-order valence-corrected chi connectivity index (χ2v) is 5.74. The van der Waals surface area contributed by atoms with Crippen molar-refractivity contribution in [3.05, 3.63) is 23.8 Å². The highest BCUT2D eigenvalue weighted by Crippen LogP contribution is 2.33. The molecule has 0 spiro atoms. The summed E-state index contributed by atoms with van der Waals surface area (Å²) in [7, 11) is 0. The number of anilines is 2. The lowest BCUT2D eigenvalue weighted by molar-refractivity contribution is -0.0864. The molecule has 1 fully saturated rings. The van der Waals surface area contributed by atoms with E-state index in [2.05, 4.69) is 19.2 Å². The van der Waals surface area contributed by atoms with Gasteiger partial charge in [-0.05, 0) is 43.9 Å². The number of ether oxygens (including phenoxy) is 1. The number of benzene rings is 1. The molecule has 0 aromatic heterocycles. The number of primary amides is 1. The molecule has 0 saturated carbocycles. The van der Waals surface area contributed by atoms with Crippen molar-refractivity contribution >= 4 is 17.3 Å². The predicted molar refractivity (Wildman–Crippen MR) is 85.3 cm³/mol. The van der Waals surface area contributed by atoms with Gasteiger partial charge in [-0.2, -0.15) is 0 Å². The summed E-state index contributed by atoms with van der Waals surface area (Å²) < 4.78 is 5.98. The fraction of sp³-hybridized carbons (Fsp3) is 0.562. The monoisotopic (exact) mass is 291 g/mol. The van der Waals surface area contributed by atoms with Crippen molar-refractivity contribution < 1.29 is 9.53 Å². The number of carbonyl (C=O) groups excluding carboxylic acids is 1. The number of carbonyl (C=O) groups is 1. The van der Waals surface area contributed by atoms with Crippen molar-refractivity contribution in [2.24, 2.45) is 5.73 Å². The molecule has 0 radical (unpaired) electrons. The van der Waals surface area contributed by atoms with Crippen LogP contribution in [-0.4, -0.2) is 24.2 Å². The third-order valence-corrected chi connectivity index (χ3v) is 4.45. The first-order chi connectivity index (χ1) is 9.99. The summed E-state index contributed by atoms with van der Waals surface area (Å²) in [5, 5.41) is 3.45. The fourth-order valence-corrected chi connectivity index (χ4v) is 3.01. The van der Waals surface area contributed by atoms with Crippen molar-refractivity contribution in [3.63, 3.8) is 0 Å². The first kappa shape index (κ1) is 15.6. The van der Waals surface area contributed by atoms with Gasteiger partial charge in [-0.15, -0.1) is 0 Å². The Hall–Kier alpha value is -1.75. The van der Waals surface area contributed by atoms with Gasteiger partial charge in [0, 0.05) is 24.0 Å². The summed E-state index contributed by atoms with van der Waals surface area (Å²) in [4.78, 5) is 11.6. The van der Waals surface area contributed by atoms with Gasteiger partial charge in [-0.3, -0.25) is 4.79 Å². The van der Waals surface area contributed by atoms with Crippen LogP contribution in [0.3, 0.4) is 0 Å². The van der Waals surface area contributed by atoms with Crippen LogP contribution in [0.5, 0.6) is 0 Å². The minimum absolute atomic E-state index is 0.0589. The molecule has 21 heavy (non-hydrogen) atoms. The molecule has 1 saturated heterocycles. The molecular formula is C16H25N3O2. The maximum Gasteiger partial charge on any atom is 0.250 e. The molecule has 1 aromatic rings. The molecule has 5 nitrogen and oxygen atoms in total. The minimum atomic E-state index is -0.464. The number of nitrogens with one attached hydrogen (secondary N) is 1. The Labute approximate surface area is 126 Å². The van der Waals surface area contributed by atoms with Gasteiger partial charge < -0.3 is 21.5 Å². The van der Waals surface area contributed by atoms with E-state index in [1.54, 1.807) is 12.1 Å². The Morgan fingerprint density at radius 2 is 2.14 bits per heavy atom. The van der Waals surface area contributed by atoms with Gasteiger partial charge in [0.1, 0.15) is 0 Å². The average molecular weight is 291 g/mol.